The molecule has 3 aromatic heterocycles. The van der Waals surface area contributed by atoms with Gasteiger partial charge in [0.15, 0.2) is 11.6 Å². The van der Waals surface area contributed by atoms with E-state index in [9.17, 15) is 31.2 Å². The lowest BCUT2D eigenvalue weighted by atomic mass is 9.90. The summed E-state index contributed by atoms with van der Waals surface area (Å²) in [6.45, 7) is 6.23. The van der Waals surface area contributed by atoms with Gasteiger partial charge in [0, 0.05) is 46.9 Å². The van der Waals surface area contributed by atoms with Crippen LogP contribution in [0.1, 0.15) is 101 Å². The van der Waals surface area contributed by atoms with E-state index in [1.54, 1.807) is 29.2 Å². The largest absolute Gasteiger partial charge is 0.470 e. The molecule has 64 heavy (non-hydrogen) atoms. The fraction of sp³-hybridized carbons (Fsp3) is 0.489. The summed E-state index contributed by atoms with van der Waals surface area (Å²) in [7, 11) is -3.90. The molecule has 2 aromatic carbocycles. The second-order valence-corrected chi connectivity index (χ2v) is 21.7. The molecule has 0 spiro atoms. The summed E-state index contributed by atoms with van der Waals surface area (Å²) < 4.78 is 81.8. The number of carbonyl (C=O) groups excluding carboxylic acids is 3. The second kappa shape index (κ2) is 16.7. The number of carbonyl (C=O) groups is 3. The molecule has 5 heterocycles. The molecular weight excluding hydrogens is 868 g/mol. The summed E-state index contributed by atoms with van der Waals surface area (Å²) in [5.41, 5.74) is -0.0473. The van der Waals surface area contributed by atoms with Crippen molar-refractivity contribution in [2.75, 3.05) is 6.54 Å². The van der Waals surface area contributed by atoms with Crippen molar-refractivity contribution in [2.24, 2.45) is 17.3 Å². The highest BCUT2D eigenvalue weighted by atomic mass is 32.2. The SMILES string of the molecule is CC(C)(C)c1csc(C[C@H]2CCCCC/C=C\[C@@H]3C[C@@]3(C(=O)NS(=O)(=O)C3CC3)CC(=O)[C@@H]3C[C@@H](Oc4nc(-c5ccc(C(F)(F)F)cc5)nc5c4oc4ccccc45)CN3C2=O)n1. The number of Topliss-reactive ketones (excluding diaryl/α,β-unsaturated/α-hetero) is 1. The molecule has 5 atom stereocenters. The summed E-state index contributed by atoms with van der Waals surface area (Å²) >= 11 is 1.50. The molecule has 12 nitrogen and oxygen atoms in total. The van der Waals surface area contributed by atoms with Gasteiger partial charge in [-0.2, -0.15) is 18.2 Å². The minimum absolute atomic E-state index is 0.00805. The number of hydrogen-bond acceptors (Lipinski definition) is 11. The van der Waals surface area contributed by atoms with Gasteiger partial charge < -0.3 is 14.1 Å². The third kappa shape index (κ3) is 8.93. The molecule has 5 aromatic rings. The fourth-order valence-corrected chi connectivity index (χ4v) is 11.5. The molecule has 2 aliphatic carbocycles. The average Bonchev–Trinajstić information content (AvgIpc) is 4.06. The Balaban J connectivity index is 1.07. The predicted octanol–water partition coefficient (Wildman–Crippen LogP) is 9.12. The van der Waals surface area contributed by atoms with E-state index in [0.717, 1.165) is 48.5 Å². The number of fused-ring (bicyclic) bond motifs is 5. The van der Waals surface area contributed by atoms with Crippen molar-refractivity contribution >= 4 is 61.0 Å². The number of para-hydroxylation sites is 1. The molecule has 338 valence electrons. The lowest BCUT2D eigenvalue weighted by Crippen LogP contribution is -2.46. The van der Waals surface area contributed by atoms with Crippen molar-refractivity contribution in [3.63, 3.8) is 0 Å². The Morgan fingerprint density at radius 3 is 2.48 bits per heavy atom. The van der Waals surface area contributed by atoms with Gasteiger partial charge in [0.2, 0.25) is 27.4 Å². The average molecular weight is 918 g/mol. The van der Waals surface area contributed by atoms with Crippen molar-refractivity contribution in [1.82, 2.24) is 24.6 Å². The first-order valence-electron chi connectivity index (χ1n) is 21.9. The van der Waals surface area contributed by atoms with Gasteiger partial charge in [-0.05, 0) is 68.7 Å². The number of rotatable bonds is 8. The number of aromatic nitrogens is 3. The number of nitrogens with zero attached hydrogens (tertiary/aromatic N) is 4. The van der Waals surface area contributed by atoms with Gasteiger partial charge in [-0.25, -0.2) is 18.4 Å². The van der Waals surface area contributed by atoms with Gasteiger partial charge in [-0.3, -0.25) is 19.1 Å². The first kappa shape index (κ1) is 44.1. The Kier molecular flexibility index (Phi) is 11.5. The molecule has 1 N–H and O–H groups in total. The maximum absolute atomic E-state index is 15.1. The summed E-state index contributed by atoms with van der Waals surface area (Å²) in [6, 6.07) is 10.6. The summed E-state index contributed by atoms with van der Waals surface area (Å²) in [6.07, 6.45) is 3.72. The second-order valence-electron chi connectivity index (χ2n) is 18.8. The number of halogens is 3. The van der Waals surface area contributed by atoms with Crippen LogP contribution in [0.25, 0.3) is 33.5 Å². The number of thiazole rings is 1. The third-order valence-electron chi connectivity index (χ3n) is 13.0. The summed E-state index contributed by atoms with van der Waals surface area (Å²) in [5, 5.41) is 2.83. The van der Waals surface area contributed by atoms with E-state index in [-0.39, 0.29) is 59.7 Å². The molecule has 17 heteroatoms. The number of furan rings is 1. The quantitative estimate of drug-likeness (QED) is 0.149. The molecule has 2 aliphatic heterocycles. The lowest BCUT2D eigenvalue weighted by Gasteiger charge is -2.29. The smallest absolute Gasteiger partial charge is 0.416 e. The van der Waals surface area contributed by atoms with Crippen LogP contribution in [0.15, 0.2) is 70.5 Å². The van der Waals surface area contributed by atoms with Crippen LogP contribution in [0.5, 0.6) is 5.88 Å². The van der Waals surface area contributed by atoms with Crippen molar-refractivity contribution in [3.05, 3.63) is 82.3 Å². The zero-order chi connectivity index (χ0) is 45.2. The highest BCUT2D eigenvalue weighted by Gasteiger charge is 2.61. The van der Waals surface area contributed by atoms with E-state index < -0.39 is 56.4 Å². The number of ether oxygens (including phenoxy) is 1. The molecule has 0 radical (unpaired) electrons. The molecule has 4 aliphatic rings. The Morgan fingerprint density at radius 2 is 1.77 bits per heavy atom. The Labute approximate surface area is 373 Å². The minimum Gasteiger partial charge on any atom is -0.470 e. The maximum atomic E-state index is 15.1. The number of sulfonamides is 1. The number of allylic oxidation sites excluding steroid dienone is 2. The minimum atomic E-state index is -4.54. The summed E-state index contributed by atoms with van der Waals surface area (Å²) in [5.74, 6) is -2.11. The van der Waals surface area contributed by atoms with Gasteiger partial charge in [0.25, 0.3) is 5.88 Å². The number of amides is 2. The van der Waals surface area contributed by atoms with Crippen LogP contribution < -0.4 is 9.46 Å². The van der Waals surface area contributed by atoms with Gasteiger partial charge in [-0.1, -0.05) is 70.0 Å². The monoisotopic (exact) mass is 917 g/mol. The number of ketones is 1. The number of nitrogens with one attached hydrogen (secondary N) is 1. The lowest BCUT2D eigenvalue weighted by molar-refractivity contribution is -0.142. The van der Waals surface area contributed by atoms with Gasteiger partial charge >= 0.3 is 6.18 Å². The van der Waals surface area contributed by atoms with Crippen LogP contribution in [-0.4, -0.2) is 69.8 Å². The molecule has 2 saturated carbocycles. The maximum Gasteiger partial charge on any atom is 0.416 e. The fourth-order valence-electron chi connectivity index (χ4n) is 9.02. The van der Waals surface area contributed by atoms with E-state index in [4.69, 9.17) is 19.1 Å². The highest BCUT2D eigenvalue weighted by molar-refractivity contribution is 7.90. The van der Waals surface area contributed by atoms with Crippen LogP contribution in [0.2, 0.25) is 0 Å². The molecular formula is C47H50F3N5O7S2. The van der Waals surface area contributed by atoms with Crippen LogP contribution in [0.3, 0.4) is 0 Å². The molecule has 0 bridgehead atoms. The Hall–Kier alpha value is -5.16. The van der Waals surface area contributed by atoms with E-state index >= 15 is 4.79 Å². The number of alkyl halides is 3. The molecule has 9 rings (SSSR count). The van der Waals surface area contributed by atoms with Gasteiger partial charge in [-0.15, -0.1) is 11.3 Å². The van der Waals surface area contributed by atoms with Crippen LogP contribution in [-0.2, 0) is 42.4 Å². The zero-order valence-corrected chi connectivity index (χ0v) is 37.5. The van der Waals surface area contributed by atoms with Crippen molar-refractivity contribution in [2.45, 2.75) is 120 Å². The van der Waals surface area contributed by atoms with Crippen molar-refractivity contribution in [1.29, 1.82) is 0 Å². The summed E-state index contributed by atoms with van der Waals surface area (Å²) in [4.78, 5) is 59.7. The van der Waals surface area contributed by atoms with Gasteiger partial charge in [0.05, 0.1) is 39.5 Å². The number of benzene rings is 2. The van der Waals surface area contributed by atoms with E-state index in [1.165, 1.54) is 23.5 Å². The van der Waals surface area contributed by atoms with Crippen molar-refractivity contribution in [3.8, 4) is 17.3 Å². The zero-order valence-electron chi connectivity index (χ0n) is 35.8. The molecule has 2 amide bonds. The van der Waals surface area contributed by atoms with Gasteiger partial charge in [0.1, 0.15) is 17.2 Å². The Bertz CT molecular complexity index is 2760. The first-order valence-corrected chi connectivity index (χ1v) is 24.4. The van der Waals surface area contributed by atoms with Crippen LogP contribution in [0, 0.1) is 17.3 Å². The predicted molar refractivity (Wildman–Crippen MR) is 235 cm³/mol. The van der Waals surface area contributed by atoms with E-state index in [1.807, 2.05) is 17.5 Å². The van der Waals surface area contributed by atoms with E-state index in [0.29, 0.717) is 54.2 Å². The van der Waals surface area contributed by atoms with Crippen molar-refractivity contribution < 1.29 is 45.1 Å². The third-order valence-corrected chi connectivity index (χ3v) is 15.7. The Morgan fingerprint density at radius 1 is 1.00 bits per heavy atom. The van der Waals surface area contributed by atoms with E-state index in [2.05, 4.69) is 30.5 Å². The molecule has 3 fully saturated rings. The first-order chi connectivity index (χ1) is 30.4. The van der Waals surface area contributed by atoms with Crippen LogP contribution >= 0.6 is 11.3 Å². The topological polar surface area (TPSA) is 162 Å². The van der Waals surface area contributed by atoms with Crippen LogP contribution in [0.4, 0.5) is 13.2 Å². The molecule has 1 saturated heterocycles. The highest BCUT2D eigenvalue weighted by Crippen LogP contribution is 2.57. The standard InChI is InChI=1S/C47H50F3N5O7S2/c1-45(2,3)37-26-63-38(51-37)21-28-11-7-5-4-6-8-12-30-23-46(30,44(58)54-64(59,60)32-19-20-32)24-35(56)34-22-31(25-55(34)43(28)57)61-42-40-39(33-13-9-10-14-36(33)62-40)52-41(53-42)27-15-17-29(18-16-27)47(48,49)50/h8-10,12-18,26,28,30-32,34H,4-7,11,19-25H2,1-3H3,(H,54,58)/b12-8-/t28-,30-,31-,34+,46-/m1/s1. The molecule has 0 unspecified atom stereocenters. The number of hydrogen-bond donors (Lipinski definition) is 1. The normalized spacial score (nSPS) is 25.4.